The smallest absolute Gasteiger partial charge is 0.336 e. The number of amides is 1. The van der Waals surface area contributed by atoms with E-state index in [1.165, 1.54) is 25.1 Å². The number of ketones is 1. The maximum atomic E-state index is 11.9. The first-order valence-corrected chi connectivity index (χ1v) is 8.51. The molecule has 0 aliphatic carbocycles. The second-order valence-corrected chi connectivity index (χ2v) is 6.10. The molecule has 2 N–H and O–H groups in total. The van der Waals surface area contributed by atoms with Gasteiger partial charge in [-0.05, 0) is 25.8 Å². The van der Waals surface area contributed by atoms with Gasteiger partial charge < -0.3 is 14.8 Å². The number of nitrogens with zero attached hydrogens (tertiary/aromatic N) is 2. The fourth-order valence-electron chi connectivity index (χ4n) is 2.19. The minimum atomic E-state index is -0.609. The molecule has 0 saturated carbocycles. The van der Waals surface area contributed by atoms with Crippen molar-refractivity contribution >= 4 is 29.6 Å². The van der Waals surface area contributed by atoms with Crippen molar-refractivity contribution < 1.29 is 23.9 Å². The van der Waals surface area contributed by atoms with Gasteiger partial charge in [0.05, 0.1) is 24.5 Å². The van der Waals surface area contributed by atoms with Gasteiger partial charge in [-0.15, -0.1) is 4.52 Å². The molecule has 9 nitrogen and oxygen atoms in total. The van der Waals surface area contributed by atoms with E-state index in [-0.39, 0.29) is 49.1 Å². The number of nitrogens with one attached hydrogen (secondary N) is 2. The Morgan fingerprint density at radius 3 is 2.92 bits per heavy atom. The zero-order chi connectivity index (χ0) is 17.5. The second-order valence-electron chi connectivity index (χ2n) is 5.34. The first-order valence-electron chi connectivity index (χ1n) is 7.57. The summed E-state index contributed by atoms with van der Waals surface area (Å²) in [6.45, 7) is 3.29. The first-order chi connectivity index (χ1) is 11.5. The Morgan fingerprint density at radius 1 is 1.46 bits per heavy atom. The molecule has 0 spiro atoms. The van der Waals surface area contributed by atoms with E-state index < -0.39 is 12.0 Å². The van der Waals surface area contributed by atoms with Gasteiger partial charge in [-0.1, -0.05) is 0 Å². The molecule has 1 amide bonds. The molecule has 2 aliphatic heterocycles. The molecule has 3 unspecified atom stereocenters. The van der Waals surface area contributed by atoms with Gasteiger partial charge in [0.1, 0.15) is 18.8 Å². The van der Waals surface area contributed by atoms with Crippen molar-refractivity contribution in [1.29, 1.82) is 0 Å². The van der Waals surface area contributed by atoms with Gasteiger partial charge in [0.15, 0.2) is 5.78 Å². The minimum absolute atomic E-state index is 0.00559. The average molecular weight is 356 g/mol. The highest BCUT2D eigenvalue weighted by Crippen LogP contribution is 2.21. The Hall–Kier alpha value is -1.94. The molecule has 132 valence electrons. The number of hydrogen-bond donors (Lipinski definition) is 2. The third kappa shape index (κ3) is 5.03. The van der Waals surface area contributed by atoms with Crippen molar-refractivity contribution in [2.75, 3.05) is 19.0 Å². The lowest BCUT2D eigenvalue weighted by Crippen LogP contribution is -2.43. The summed E-state index contributed by atoms with van der Waals surface area (Å²) in [7, 11) is 0. The van der Waals surface area contributed by atoms with Crippen molar-refractivity contribution in [2.45, 2.75) is 38.5 Å². The van der Waals surface area contributed by atoms with E-state index in [0.717, 1.165) is 0 Å². The van der Waals surface area contributed by atoms with Crippen LogP contribution in [0.4, 0.5) is 0 Å². The highest BCUT2D eigenvalue weighted by atomic mass is 32.2. The van der Waals surface area contributed by atoms with E-state index in [1.807, 2.05) is 0 Å². The summed E-state index contributed by atoms with van der Waals surface area (Å²) in [5, 5.41) is 9.84. The van der Waals surface area contributed by atoms with Crippen LogP contribution < -0.4 is 10.6 Å². The van der Waals surface area contributed by atoms with Crippen molar-refractivity contribution in [3.8, 4) is 0 Å². The normalized spacial score (nSPS) is 26.3. The van der Waals surface area contributed by atoms with Crippen LogP contribution >= 0.6 is 11.9 Å². The highest BCUT2D eigenvalue weighted by Gasteiger charge is 2.38. The van der Waals surface area contributed by atoms with Crippen molar-refractivity contribution in [1.82, 2.24) is 10.6 Å². The van der Waals surface area contributed by atoms with Crippen LogP contribution in [0.15, 0.2) is 21.5 Å². The van der Waals surface area contributed by atoms with E-state index in [4.69, 9.17) is 9.47 Å². The van der Waals surface area contributed by atoms with Gasteiger partial charge in [0.2, 0.25) is 5.91 Å². The molecule has 2 heterocycles. The van der Waals surface area contributed by atoms with Crippen molar-refractivity contribution in [3.63, 3.8) is 0 Å². The predicted molar refractivity (Wildman–Crippen MR) is 85.9 cm³/mol. The Morgan fingerprint density at radius 2 is 2.25 bits per heavy atom. The number of rotatable bonds is 8. The Kier molecular flexibility index (Phi) is 6.73. The van der Waals surface area contributed by atoms with Gasteiger partial charge in [0.25, 0.3) is 0 Å². The molecule has 2 rings (SSSR count). The van der Waals surface area contributed by atoms with Gasteiger partial charge in [-0.25, -0.2) is 4.79 Å². The van der Waals surface area contributed by atoms with E-state index in [1.54, 1.807) is 6.92 Å². The predicted octanol–water partition coefficient (Wildman–Crippen LogP) is 0.326. The molecule has 0 aromatic rings. The Labute approximate surface area is 143 Å². The topological polar surface area (TPSA) is 118 Å². The molecule has 0 radical (unpaired) electrons. The molecule has 2 aliphatic rings. The zero-order valence-electron chi connectivity index (χ0n) is 13.5. The summed E-state index contributed by atoms with van der Waals surface area (Å²) in [4.78, 5) is 35.2. The standard InChI is InChI=1S/C14H20N4O5S/c1-3-23-14(21)8(2)5-22-6-9(19)4-10-13(20)16-12(15-10)11-7-24-18-17-11/h5,10-12,15H,3-4,6-7H2,1-2H3,(H,16,20). The van der Waals surface area contributed by atoms with Crippen molar-refractivity contribution in [2.24, 2.45) is 9.63 Å². The van der Waals surface area contributed by atoms with E-state index >= 15 is 0 Å². The van der Waals surface area contributed by atoms with Gasteiger partial charge in [0, 0.05) is 12.2 Å². The van der Waals surface area contributed by atoms with Crippen LogP contribution in [0.3, 0.4) is 0 Å². The molecule has 0 aromatic carbocycles. The molecule has 0 aromatic heterocycles. The van der Waals surface area contributed by atoms with Crippen LogP contribution in [0, 0.1) is 0 Å². The lowest BCUT2D eigenvalue weighted by molar-refractivity contribution is -0.138. The third-order valence-corrected chi connectivity index (χ3v) is 4.11. The molecular weight excluding hydrogens is 336 g/mol. The molecule has 24 heavy (non-hydrogen) atoms. The first kappa shape index (κ1) is 18.4. The quantitative estimate of drug-likeness (QED) is 0.278. The molecule has 3 atom stereocenters. The van der Waals surface area contributed by atoms with Gasteiger partial charge in [-0.3, -0.25) is 14.9 Å². The number of esters is 1. The van der Waals surface area contributed by atoms with Gasteiger partial charge in [-0.2, -0.15) is 5.11 Å². The van der Waals surface area contributed by atoms with E-state index in [9.17, 15) is 14.4 Å². The molecule has 1 fully saturated rings. The Bertz CT molecular complexity index is 565. The van der Waals surface area contributed by atoms with E-state index in [0.29, 0.717) is 5.75 Å². The summed E-state index contributed by atoms with van der Waals surface area (Å²) in [6.07, 6.45) is 0.892. The van der Waals surface area contributed by atoms with Crippen LogP contribution in [-0.2, 0) is 23.9 Å². The molecule has 0 bridgehead atoms. The number of Topliss-reactive ketones (excluding diaryl/α,β-unsaturated/α-hetero) is 1. The zero-order valence-corrected chi connectivity index (χ0v) is 14.3. The molecular formula is C14H20N4O5S. The summed E-state index contributed by atoms with van der Waals surface area (Å²) in [5.74, 6) is -0.287. The lowest BCUT2D eigenvalue weighted by Gasteiger charge is -2.14. The third-order valence-electron chi connectivity index (χ3n) is 3.41. The number of hydrogen-bond acceptors (Lipinski definition) is 9. The monoisotopic (exact) mass is 356 g/mol. The number of carbonyl (C=O) groups is 3. The van der Waals surface area contributed by atoms with Crippen molar-refractivity contribution in [3.05, 3.63) is 11.8 Å². The van der Waals surface area contributed by atoms with Crippen LogP contribution in [0.1, 0.15) is 20.3 Å². The van der Waals surface area contributed by atoms with Crippen LogP contribution in [-0.4, -0.2) is 54.9 Å². The number of ether oxygens (including phenoxy) is 2. The minimum Gasteiger partial charge on any atom is -0.493 e. The fraction of sp³-hybridized carbons (Fsp3) is 0.643. The number of carbonyl (C=O) groups excluding carboxylic acids is 3. The average Bonchev–Trinajstić information content (AvgIpc) is 3.18. The maximum absolute atomic E-state index is 11.9. The summed E-state index contributed by atoms with van der Waals surface area (Å²) < 4.78 is 13.7. The highest BCUT2D eigenvalue weighted by molar-refractivity contribution is 7.98. The molecule has 1 saturated heterocycles. The van der Waals surface area contributed by atoms with Crippen LogP contribution in [0.25, 0.3) is 0 Å². The Balaban J connectivity index is 1.74. The fourth-order valence-corrected chi connectivity index (χ4v) is 2.85. The largest absolute Gasteiger partial charge is 0.493 e. The second kappa shape index (κ2) is 8.78. The SMILES string of the molecule is CCOC(=O)C(C)=COCC(=O)CC1NC(C2CSN=N2)NC1=O. The lowest BCUT2D eigenvalue weighted by atomic mass is 10.1. The summed E-state index contributed by atoms with van der Waals surface area (Å²) in [5.41, 5.74) is 0.269. The van der Waals surface area contributed by atoms with Gasteiger partial charge >= 0.3 is 5.97 Å². The maximum Gasteiger partial charge on any atom is 0.336 e. The summed E-state index contributed by atoms with van der Waals surface area (Å²) >= 11 is 1.34. The summed E-state index contributed by atoms with van der Waals surface area (Å²) in [6, 6.07) is -0.729. The van der Waals surface area contributed by atoms with E-state index in [2.05, 4.69) is 20.3 Å². The van der Waals surface area contributed by atoms with Crippen LogP contribution in [0.5, 0.6) is 0 Å². The van der Waals surface area contributed by atoms with Crippen LogP contribution in [0.2, 0.25) is 0 Å². The molecule has 10 heteroatoms.